The number of nitrogens with zero attached hydrogens (tertiary/aromatic N) is 2. The van der Waals surface area contributed by atoms with Gasteiger partial charge in [0.05, 0.1) is 22.9 Å². The van der Waals surface area contributed by atoms with Crippen LogP contribution in [0.2, 0.25) is 5.02 Å². The molecule has 28 heavy (non-hydrogen) atoms. The van der Waals surface area contributed by atoms with Crippen LogP contribution >= 0.6 is 11.6 Å². The monoisotopic (exact) mass is 413 g/mol. The van der Waals surface area contributed by atoms with Crippen molar-refractivity contribution in [3.05, 3.63) is 82.5 Å². The highest BCUT2D eigenvalue weighted by Gasteiger charge is 2.33. The number of sulfone groups is 1. The van der Waals surface area contributed by atoms with Crippen LogP contribution in [0, 0.1) is 0 Å². The van der Waals surface area contributed by atoms with Gasteiger partial charge in [-0.3, -0.25) is 4.79 Å². The maximum Gasteiger partial charge on any atom is 0.249 e. The van der Waals surface area contributed by atoms with Crippen molar-refractivity contribution in [2.24, 2.45) is 0 Å². The van der Waals surface area contributed by atoms with E-state index in [4.69, 9.17) is 11.6 Å². The van der Waals surface area contributed by atoms with Crippen molar-refractivity contribution in [3.63, 3.8) is 0 Å². The number of benzene rings is 2. The molecule has 0 aliphatic carbocycles. The maximum absolute atomic E-state index is 12.5. The number of halogens is 1. The number of aromatic nitrogens is 2. The Kier molecular flexibility index (Phi) is 4.78. The zero-order chi connectivity index (χ0) is 19.7. The molecule has 0 saturated carbocycles. The van der Waals surface area contributed by atoms with E-state index >= 15 is 0 Å². The molecule has 1 aliphatic rings. The molecule has 1 aliphatic heterocycles. The first kappa shape index (κ1) is 18.5. The zero-order valence-electron chi connectivity index (χ0n) is 14.7. The first-order valence-electron chi connectivity index (χ1n) is 8.52. The third-order valence-corrected chi connectivity index (χ3v) is 6.02. The van der Waals surface area contributed by atoms with Gasteiger partial charge >= 0.3 is 0 Å². The number of anilines is 1. The van der Waals surface area contributed by atoms with Crippen molar-refractivity contribution in [1.29, 1.82) is 0 Å². The van der Waals surface area contributed by atoms with Crippen LogP contribution in [-0.4, -0.2) is 24.1 Å². The topological polar surface area (TPSA) is 81.1 Å². The summed E-state index contributed by atoms with van der Waals surface area (Å²) in [6.07, 6.45) is 3.10. The summed E-state index contributed by atoms with van der Waals surface area (Å²) >= 11 is 5.95. The van der Waals surface area contributed by atoms with Gasteiger partial charge in [-0.05, 0) is 35.9 Å². The fourth-order valence-electron chi connectivity index (χ4n) is 3.03. The van der Waals surface area contributed by atoms with Gasteiger partial charge in [-0.25, -0.2) is 13.1 Å². The van der Waals surface area contributed by atoms with E-state index in [0.29, 0.717) is 27.8 Å². The van der Waals surface area contributed by atoms with Crippen LogP contribution in [0.3, 0.4) is 0 Å². The van der Waals surface area contributed by atoms with Crippen molar-refractivity contribution >= 4 is 39.2 Å². The summed E-state index contributed by atoms with van der Waals surface area (Å²) < 4.78 is 25.5. The molecule has 1 N–H and O–H groups in total. The van der Waals surface area contributed by atoms with Gasteiger partial charge < -0.3 is 5.32 Å². The molecule has 1 amide bonds. The van der Waals surface area contributed by atoms with Crippen molar-refractivity contribution in [3.8, 4) is 5.69 Å². The van der Waals surface area contributed by atoms with E-state index in [1.165, 1.54) is 6.08 Å². The van der Waals surface area contributed by atoms with Crippen LogP contribution in [0.25, 0.3) is 11.8 Å². The Balaban J connectivity index is 1.68. The van der Waals surface area contributed by atoms with Crippen LogP contribution in [-0.2, 0) is 26.1 Å². The summed E-state index contributed by atoms with van der Waals surface area (Å²) in [5.74, 6) is -0.285. The van der Waals surface area contributed by atoms with Gasteiger partial charge in [0, 0.05) is 16.7 Å². The van der Waals surface area contributed by atoms with Gasteiger partial charge in [0.2, 0.25) is 5.91 Å². The lowest BCUT2D eigenvalue weighted by molar-refractivity contribution is -0.111. The van der Waals surface area contributed by atoms with Crippen LogP contribution in [0.15, 0.2) is 60.7 Å². The van der Waals surface area contributed by atoms with Crippen LogP contribution in [0.5, 0.6) is 0 Å². The number of nitrogens with one attached hydrogen (secondary N) is 1. The highest BCUT2D eigenvalue weighted by molar-refractivity contribution is 7.90. The molecule has 2 heterocycles. The van der Waals surface area contributed by atoms with Crippen molar-refractivity contribution < 1.29 is 13.2 Å². The van der Waals surface area contributed by atoms with Gasteiger partial charge in [0.1, 0.15) is 5.82 Å². The molecule has 0 fully saturated rings. The van der Waals surface area contributed by atoms with Crippen LogP contribution in [0.4, 0.5) is 5.82 Å². The SMILES string of the molecule is O=C(/C=C/c1ccccc1)Nc1c2c(nn1-c1ccc(Cl)cc1)CS(=O)(=O)C2. The molecule has 8 heteroatoms. The Hall–Kier alpha value is -2.90. The maximum atomic E-state index is 12.5. The first-order chi connectivity index (χ1) is 13.4. The van der Waals surface area contributed by atoms with Gasteiger partial charge in [-0.1, -0.05) is 41.9 Å². The van der Waals surface area contributed by atoms with E-state index < -0.39 is 9.84 Å². The van der Waals surface area contributed by atoms with Gasteiger partial charge in [0.25, 0.3) is 0 Å². The van der Waals surface area contributed by atoms with Crippen molar-refractivity contribution in [2.45, 2.75) is 11.5 Å². The zero-order valence-corrected chi connectivity index (χ0v) is 16.2. The van der Waals surface area contributed by atoms with Gasteiger partial charge in [0.15, 0.2) is 9.84 Å². The average Bonchev–Trinajstić information content (AvgIpc) is 3.14. The molecule has 142 valence electrons. The lowest BCUT2D eigenvalue weighted by Gasteiger charge is -2.10. The van der Waals surface area contributed by atoms with Crippen LogP contribution in [0.1, 0.15) is 16.8 Å². The number of rotatable bonds is 4. The summed E-state index contributed by atoms with van der Waals surface area (Å²) in [5.41, 5.74) is 2.55. The van der Waals surface area contributed by atoms with Crippen LogP contribution < -0.4 is 5.32 Å². The normalized spacial score (nSPS) is 14.9. The van der Waals surface area contributed by atoms with E-state index in [1.807, 2.05) is 30.3 Å². The molecule has 1 aromatic heterocycles. The molecule has 3 aromatic rings. The largest absolute Gasteiger partial charge is 0.307 e. The summed E-state index contributed by atoms with van der Waals surface area (Å²) in [6.45, 7) is 0. The fourth-order valence-corrected chi connectivity index (χ4v) is 4.65. The number of hydrogen-bond acceptors (Lipinski definition) is 4. The molecule has 0 atom stereocenters. The Morgan fingerprint density at radius 1 is 1.07 bits per heavy atom. The number of amides is 1. The lowest BCUT2D eigenvalue weighted by atomic mass is 10.2. The Morgan fingerprint density at radius 3 is 2.50 bits per heavy atom. The first-order valence-corrected chi connectivity index (χ1v) is 10.7. The Bertz CT molecular complexity index is 1170. The third-order valence-electron chi connectivity index (χ3n) is 4.33. The minimum atomic E-state index is -3.25. The Labute approximate surface area is 167 Å². The molecular weight excluding hydrogens is 398 g/mol. The predicted octanol–water partition coefficient (Wildman–Crippen LogP) is 3.61. The minimum absolute atomic E-state index is 0.133. The summed E-state index contributed by atoms with van der Waals surface area (Å²) in [7, 11) is -3.25. The predicted molar refractivity (Wildman–Crippen MR) is 109 cm³/mol. The summed E-state index contributed by atoms with van der Waals surface area (Å²) in [4.78, 5) is 12.5. The molecule has 4 rings (SSSR count). The number of carbonyl (C=O) groups is 1. The summed E-state index contributed by atoms with van der Waals surface area (Å²) in [5, 5.41) is 7.77. The van der Waals surface area contributed by atoms with Crippen molar-refractivity contribution in [1.82, 2.24) is 9.78 Å². The molecule has 0 bridgehead atoms. The number of carbonyl (C=O) groups excluding carboxylic acids is 1. The van der Waals surface area contributed by atoms with E-state index in [0.717, 1.165) is 5.56 Å². The molecule has 0 saturated heterocycles. The molecule has 2 aromatic carbocycles. The van der Waals surface area contributed by atoms with Crippen molar-refractivity contribution in [2.75, 3.05) is 5.32 Å². The minimum Gasteiger partial charge on any atom is -0.307 e. The number of hydrogen-bond donors (Lipinski definition) is 1. The standard InChI is InChI=1S/C20H16ClN3O3S/c21-15-7-9-16(10-8-15)24-20(17-12-28(26,27)13-18(17)23-24)22-19(25)11-6-14-4-2-1-3-5-14/h1-11H,12-13H2,(H,22,25)/b11-6+. The van der Waals surface area contributed by atoms with E-state index in [2.05, 4.69) is 10.4 Å². The highest BCUT2D eigenvalue weighted by Crippen LogP contribution is 2.33. The average molecular weight is 414 g/mol. The Morgan fingerprint density at radius 2 is 1.79 bits per heavy atom. The second kappa shape index (κ2) is 7.26. The quantitative estimate of drug-likeness (QED) is 0.662. The third kappa shape index (κ3) is 3.85. The smallest absolute Gasteiger partial charge is 0.249 e. The molecular formula is C20H16ClN3O3S. The summed E-state index contributed by atoms with van der Waals surface area (Å²) in [6, 6.07) is 16.4. The highest BCUT2D eigenvalue weighted by atomic mass is 35.5. The van der Waals surface area contributed by atoms with E-state index in [-0.39, 0.29) is 17.4 Å². The molecule has 0 spiro atoms. The van der Waals surface area contributed by atoms with E-state index in [1.54, 1.807) is 35.0 Å². The van der Waals surface area contributed by atoms with E-state index in [9.17, 15) is 13.2 Å². The second-order valence-corrected chi connectivity index (χ2v) is 8.93. The molecule has 0 radical (unpaired) electrons. The lowest BCUT2D eigenvalue weighted by Crippen LogP contribution is -2.14. The molecule has 0 unspecified atom stereocenters. The number of fused-ring (bicyclic) bond motifs is 1. The van der Waals surface area contributed by atoms with Gasteiger partial charge in [-0.2, -0.15) is 5.10 Å². The second-order valence-electron chi connectivity index (χ2n) is 6.43. The fraction of sp³-hybridized carbons (Fsp3) is 0.100. The molecule has 6 nitrogen and oxygen atoms in total. The van der Waals surface area contributed by atoms with Gasteiger partial charge in [-0.15, -0.1) is 0 Å².